The Morgan fingerprint density at radius 3 is 2.88 bits per heavy atom. The predicted octanol–water partition coefficient (Wildman–Crippen LogP) is 2.31. The molecule has 0 N–H and O–H groups in total. The number of nitro groups is 1. The van der Waals surface area contributed by atoms with E-state index in [1.807, 2.05) is 0 Å². The van der Waals surface area contributed by atoms with Gasteiger partial charge in [-0.25, -0.2) is 4.79 Å². The number of carbonyl (C=O) groups excluding carboxylic acids is 1. The number of halogens is 1. The second-order valence-electron chi connectivity index (χ2n) is 3.02. The number of hydrogen-bond donors (Lipinski definition) is 0. The number of rotatable bonds is 4. The molecule has 0 spiro atoms. The first kappa shape index (κ1) is 12.8. The van der Waals surface area contributed by atoms with Crippen LogP contribution < -0.4 is 0 Å². The molecule has 0 aromatic heterocycles. The smallest absolute Gasteiger partial charge is 0.330 e. The molecule has 0 atom stereocenters. The summed E-state index contributed by atoms with van der Waals surface area (Å²) >= 11 is 0. The SMILES string of the molecule is CCOC(=O)C=Cc1cccc(F)c1[N+](=O)[O-]. The maximum absolute atomic E-state index is 13.2. The lowest BCUT2D eigenvalue weighted by Gasteiger charge is -1.98. The quantitative estimate of drug-likeness (QED) is 0.350. The van der Waals surface area contributed by atoms with E-state index >= 15 is 0 Å². The molecule has 0 unspecified atom stereocenters. The van der Waals surface area contributed by atoms with Crippen molar-refractivity contribution in [1.29, 1.82) is 0 Å². The van der Waals surface area contributed by atoms with Gasteiger partial charge in [0.25, 0.3) is 0 Å². The fourth-order valence-corrected chi connectivity index (χ4v) is 1.21. The first-order valence-corrected chi connectivity index (χ1v) is 4.84. The fraction of sp³-hybridized carbons (Fsp3) is 0.182. The average Bonchev–Trinajstić information content (AvgIpc) is 2.26. The number of nitrogens with zero attached hydrogens (tertiary/aromatic N) is 1. The van der Waals surface area contributed by atoms with E-state index in [2.05, 4.69) is 4.74 Å². The van der Waals surface area contributed by atoms with E-state index < -0.39 is 22.4 Å². The number of hydrogen-bond acceptors (Lipinski definition) is 4. The van der Waals surface area contributed by atoms with Gasteiger partial charge >= 0.3 is 11.7 Å². The van der Waals surface area contributed by atoms with E-state index in [-0.39, 0.29) is 12.2 Å². The number of nitro benzene ring substituents is 1. The number of para-hydroxylation sites is 1. The summed E-state index contributed by atoms with van der Waals surface area (Å²) in [6, 6.07) is 3.66. The molecule has 0 bridgehead atoms. The first-order valence-electron chi connectivity index (χ1n) is 4.84. The molecule has 0 aliphatic rings. The normalized spacial score (nSPS) is 10.5. The van der Waals surface area contributed by atoms with Crippen molar-refractivity contribution in [1.82, 2.24) is 0 Å². The lowest BCUT2D eigenvalue weighted by Crippen LogP contribution is -1.99. The summed E-state index contributed by atoms with van der Waals surface area (Å²) < 4.78 is 17.8. The lowest BCUT2D eigenvalue weighted by molar-refractivity contribution is -0.387. The van der Waals surface area contributed by atoms with Gasteiger partial charge in [0.05, 0.1) is 17.1 Å². The van der Waals surface area contributed by atoms with Crippen LogP contribution in [-0.2, 0) is 9.53 Å². The van der Waals surface area contributed by atoms with Gasteiger partial charge in [-0.15, -0.1) is 0 Å². The highest BCUT2D eigenvalue weighted by Crippen LogP contribution is 2.23. The van der Waals surface area contributed by atoms with E-state index in [0.29, 0.717) is 0 Å². The first-order chi connectivity index (χ1) is 8.06. The molecule has 5 nitrogen and oxygen atoms in total. The van der Waals surface area contributed by atoms with Crippen molar-refractivity contribution in [2.24, 2.45) is 0 Å². The van der Waals surface area contributed by atoms with Crippen molar-refractivity contribution in [3.05, 3.63) is 45.8 Å². The molecule has 0 saturated heterocycles. The van der Waals surface area contributed by atoms with Gasteiger partial charge in [-0.3, -0.25) is 10.1 Å². The van der Waals surface area contributed by atoms with Gasteiger partial charge in [-0.2, -0.15) is 4.39 Å². The van der Waals surface area contributed by atoms with Crippen LogP contribution in [0.25, 0.3) is 6.08 Å². The molecular weight excluding hydrogens is 229 g/mol. The van der Waals surface area contributed by atoms with Crippen LogP contribution in [0.4, 0.5) is 10.1 Å². The van der Waals surface area contributed by atoms with Crippen molar-refractivity contribution < 1.29 is 18.8 Å². The molecule has 0 aliphatic heterocycles. The van der Waals surface area contributed by atoms with Gasteiger partial charge in [0.15, 0.2) is 0 Å². The highest BCUT2D eigenvalue weighted by Gasteiger charge is 2.17. The fourth-order valence-electron chi connectivity index (χ4n) is 1.21. The maximum atomic E-state index is 13.2. The third-order valence-corrected chi connectivity index (χ3v) is 1.89. The minimum absolute atomic E-state index is 0.0167. The third-order valence-electron chi connectivity index (χ3n) is 1.89. The van der Waals surface area contributed by atoms with Crippen molar-refractivity contribution in [3.63, 3.8) is 0 Å². The van der Waals surface area contributed by atoms with E-state index in [0.717, 1.165) is 18.2 Å². The highest BCUT2D eigenvalue weighted by atomic mass is 19.1. The van der Waals surface area contributed by atoms with Gasteiger partial charge in [0.2, 0.25) is 5.82 Å². The molecular formula is C11H10FNO4. The van der Waals surface area contributed by atoms with Crippen LogP contribution in [-0.4, -0.2) is 17.5 Å². The Kier molecular flexibility index (Phi) is 4.33. The monoisotopic (exact) mass is 239 g/mol. The summed E-state index contributed by atoms with van der Waals surface area (Å²) in [6.07, 6.45) is 2.17. The number of carbonyl (C=O) groups is 1. The molecule has 0 radical (unpaired) electrons. The van der Waals surface area contributed by atoms with Crippen molar-refractivity contribution in [3.8, 4) is 0 Å². The lowest BCUT2D eigenvalue weighted by atomic mass is 10.1. The van der Waals surface area contributed by atoms with Crippen molar-refractivity contribution in [2.75, 3.05) is 6.61 Å². The van der Waals surface area contributed by atoms with Gasteiger partial charge in [-0.1, -0.05) is 6.07 Å². The zero-order chi connectivity index (χ0) is 12.8. The Morgan fingerprint density at radius 1 is 1.59 bits per heavy atom. The zero-order valence-corrected chi connectivity index (χ0v) is 9.05. The van der Waals surface area contributed by atoms with Gasteiger partial charge in [0, 0.05) is 6.08 Å². The van der Waals surface area contributed by atoms with E-state index in [4.69, 9.17) is 0 Å². The van der Waals surface area contributed by atoms with Crippen molar-refractivity contribution >= 4 is 17.7 Å². The summed E-state index contributed by atoms with van der Waals surface area (Å²) in [4.78, 5) is 20.8. The molecule has 90 valence electrons. The largest absolute Gasteiger partial charge is 0.463 e. The molecule has 0 amide bonds. The molecule has 1 rings (SSSR count). The summed E-state index contributed by atoms with van der Waals surface area (Å²) in [5, 5.41) is 10.6. The molecule has 1 aromatic rings. The number of benzene rings is 1. The Bertz CT molecular complexity index is 471. The summed E-state index contributed by atoms with van der Waals surface area (Å²) in [5.41, 5.74) is -0.642. The minimum atomic E-state index is -0.944. The van der Waals surface area contributed by atoms with Crippen molar-refractivity contribution in [2.45, 2.75) is 6.92 Å². The number of esters is 1. The topological polar surface area (TPSA) is 69.4 Å². The standard InChI is InChI=1S/C11H10FNO4/c1-2-17-10(14)7-6-8-4-3-5-9(12)11(8)13(15)16/h3-7H,2H2,1H3. The Morgan fingerprint density at radius 2 is 2.29 bits per heavy atom. The minimum Gasteiger partial charge on any atom is -0.463 e. The Labute approximate surface area is 96.7 Å². The predicted molar refractivity (Wildman–Crippen MR) is 58.7 cm³/mol. The van der Waals surface area contributed by atoms with Crippen LogP contribution in [0, 0.1) is 15.9 Å². The van der Waals surface area contributed by atoms with E-state index in [9.17, 15) is 19.3 Å². The second-order valence-corrected chi connectivity index (χ2v) is 3.02. The second kappa shape index (κ2) is 5.74. The Balaban J connectivity index is 3.02. The molecule has 6 heteroatoms. The number of ether oxygens (including phenoxy) is 1. The van der Waals surface area contributed by atoms with Crippen LogP contribution >= 0.6 is 0 Å². The van der Waals surface area contributed by atoms with E-state index in [1.165, 1.54) is 12.1 Å². The summed E-state index contributed by atoms with van der Waals surface area (Å²) in [5.74, 6) is -1.58. The average molecular weight is 239 g/mol. The summed E-state index contributed by atoms with van der Waals surface area (Å²) in [6.45, 7) is 1.84. The Hall–Kier alpha value is -2.24. The van der Waals surface area contributed by atoms with Crippen LogP contribution in [0.2, 0.25) is 0 Å². The molecule has 1 aromatic carbocycles. The molecule has 0 fully saturated rings. The summed E-state index contributed by atoms with van der Waals surface area (Å²) in [7, 11) is 0. The van der Waals surface area contributed by atoms with Crippen LogP contribution in [0.3, 0.4) is 0 Å². The molecule has 17 heavy (non-hydrogen) atoms. The highest BCUT2D eigenvalue weighted by molar-refractivity contribution is 5.87. The molecule has 0 saturated carbocycles. The van der Waals surface area contributed by atoms with Crippen LogP contribution in [0.5, 0.6) is 0 Å². The zero-order valence-electron chi connectivity index (χ0n) is 9.05. The molecule has 0 aliphatic carbocycles. The van der Waals surface area contributed by atoms with Gasteiger partial charge < -0.3 is 4.74 Å². The van der Waals surface area contributed by atoms with Gasteiger partial charge in [-0.05, 0) is 25.1 Å². The maximum Gasteiger partial charge on any atom is 0.330 e. The van der Waals surface area contributed by atoms with Crippen LogP contribution in [0.15, 0.2) is 24.3 Å². The van der Waals surface area contributed by atoms with Crippen LogP contribution in [0.1, 0.15) is 12.5 Å². The molecule has 0 heterocycles. The van der Waals surface area contributed by atoms with E-state index in [1.54, 1.807) is 6.92 Å². The van der Waals surface area contributed by atoms with Gasteiger partial charge in [0.1, 0.15) is 0 Å². The third kappa shape index (κ3) is 3.37.